The maximum Gasteiger partial charge on any atom is 0.123 e. The van der Waals surface area contributed by atoms with E-state index in [1.807, 2.05) is 23.7 Å². The molecule has 2 aromatic rings. The van der Waals surface area contributed by atoms with E-state index < -0.39 is 5.60 Å². The van der Waals surface area contributed by atoms with Gasteiger partial charge in [-0.05, 0) is 50.3 Å². The van der Waals surface area contributed by atoms with Crippen molar-refractivity contribution in [2.24, 2.45) is 0 Å². The summed E-state index contributed by atoms with van der Waals surface area (Å²) in [6.07, 6.45) is 7.44. The van der Waals surface area contributed by atoms with E-state index in [0.717, 1.165) is 25.1 Å². The van der Waals surface area contributed by atoms with Crippen LogP contribution in [0.25, 0.3) is 0 Å². The molecular formula is C21H26FN3O. The number of benzene rings is 1. The van der Waals surface area contributed by atoms with Crippen molar-refractivity contribution in [1.82, 2.24) is 14.7 Å². The van der Waals surface area contributed by atoms with E-state index in [9.17, 15) is 9.50 Å². The summed E-state index contributed by atoms with van der Waals surface area (Å²) < 4.78 is 15.6. The van der Waals surface area contributed by atoms with Gasteiger partial charge in [0.05, 0.1) is 17.8 Å². The predicted molar refractivity (Wildman–Crippen MR) is 99.0 cm³/mol. The third-order valence-electron chi connectivity index (χ3n) is 6.00. The molecule has 3 heterocycles. The summed E-state index contributed by atoms with van der Waals surface area (Å²) in [6.45, 7) is 7.39. The molecule has 4 nitrogen and oxygen atoms in total. The zero-order valence-corrected chi connectivity index (χ0v) is 15.2. The number of aromatic nitrogens is 2. The zero-order chi connectivity index (χ0) is 18.3. The van der Waals surface area contributed by atoms with Crippen LogP contribution in [-0.4, -0.2) is 31.9 Å². The van der Waals surface area contributed by atoms with Gasteiger partial charge in [0.15, 0.2) is 0 Å². The van der Waals surface area contributed by atoms with Gasteiger partial charge in [0, 0.05) is 30.4 Å². The van der Waals surface area contributed by atoms with Gasteiger partial charge in [0.25, 0.3) is 0 Å². The van der Waals surface area contributed by atoms with Crippen LogP contribution in [0.15, 0.2) is 43.1 Å². The summed E-state index contributed by atoms with van der Waals surface area (Å²) in [6, 6.07) is 7.10. The van der Waals surface area contributed by atoms with Crippen molar-refractivity contribution in [3.05, 3.63) is 65.8 Å². The molecule has 2 fully saturated rings. The van der Waals surface area contributed by atoms with Gasteiger partial charge < -0.3 is 5.11 Å². The Kier molecular flexibility index (Phi) is 4.45. The SMILES string of the molecule is C=CCn1cc(CN2[C@@H]3CC[C@H]2CC(O)(c2cccc(F)c2)C3)c(C)n1. The van der Waals surface area contributed by atoms with E-state index in [1.54, 1.807) is 6.07 Å². The van der Waals surface area contributed by atoms with Crippen LogP contribution in [0.4, 0.5) is 4.39 Å². The molecule has 0 amide bonds. The molecule has 138 valence electrons. The fraction of sp³-hybridized carbons (Fsp3) is 0.476. The van der Waals surface area contributed by atoms with Crippen molar-refractivity contribution in [2.75, 3.05) is 0 Å². The Morgan fingerprint density at radius 1 is 1.35 bits per heavy atom. The minimum Gasteiger partial charge on any atom is -0.385 e. The molecular weight excluding hydrogens is 329 g/mol. The molecule has 4 rings (SSSR count). The van der Waals surface area contributed by atoms with Crippen LogP contribution in [0.3, 0.4) is 0 Å². The van der Waals surface area contributed by atoms with E-state index in [2.05, 4.69) is 22.8 Å². The van der Waals surface area contributed by atoms with Gasteiger partial charge in [0.2, 0.25) is 0 Å². The molecule has 2 aliphatic heterocycles. The molecule has 0 spiro atoms. The van der Waals surface area contributed by atoms with Gasteiger partial charge in [-0.2, -0.15) is 5.10 Å². The number of nitrogens with zero attached hydrogens (tertiary/aromatic N) is 3. The van der Waals surface area contributed by atoms with E-state index in [4.69, 9.17) is 0 Å². The number of piperidine rings is 1. The minimum atomic E-state index is -0.924. The molecule has 5 heteroatoms. The third kappa shape index (κ3) is 3.10. The van der Waals surface area contributed by atoms with Gasteiger partial charge in [-0.15, -0.1) is 6.58 Å². The van der Waals surface area contributed by atoms with E-state index in [1.165, 1.54) is 17.7 Å². The van der Waals surface area contributed by atoms with Crippen molar-refractivity contribution in [3.8, 4) is 0 Å². The van der Waals surface area contributed by atoms with Crippen LogP contribution in [0, 0.1) is 12.7 Å². The second-order valence-electron chi connectivity index (χ2n) is 7.76. The summed E-state index contributed by atoms with van der Waals surface area (Å²) in [5.74, 6) is -0.282. The number of hydrogen-bond acceptors (Lipinski definition) is 3. The molecule has 0 radical (unpaired) electrons. The highest BCUT2D eigenvalue weighted by atomic mass is 19.1. The van der Waals surface area contributed by atoms with Gasteiger partial charge in [-0.25, -0.2) is 4.39 Å². The molecule has 1 N–H and O–H groups in total. The lowest BCUT2D eigenvalue weighted by atomic mass is 9.80. The van der Waals surface area contributed by atoms with Gasteiger partial charge >= 0.3 is 0 Å². The minimum absolute atomic E-state index is 0.282. The molecule has 2 aliphatic rings. The number of halogens is 1. The lowest BCUT2D eigenvalue weighted by Gasteiger charge is -2.44. The molecule has 1 aromatic heterocycles. The molecule has 2 bridgehead atoms. The van der Waals surface area contributed by atoms with E-state index in [0.29, 0.717) is 37.0 Å². The fourth-order valence-corrected chi connectivity index (χ4v) is 4.72. The van der Waals surface area contributed by atoms with Crippen molar-refractivity contribution >= 4 is 0 Å². The smallest absolute Gasteiger partial charge is 0.123 e. The summed E-state index contributed by atoms with van der Waals surface area (Å²) in [5.41, 5.74) is 2.08. The second kappa shape index (κ2) is 6.63. The first-order chi connectivity index (χ1) is 12.5. The van der Waals surface area contributed by atoms with Crippen molar-refractivity contribution in [3.63, 3.8) is 0 Å². The first-order valence-corrected chi connectivity index (χ1v) is 9.36. The van der Waals surface area contributed by atoms with Gasteiger partial charge in [-0.3, -0.25) is 9.58 Å². The number of aryl methyl sites for hydroxylation is 1. The zero-order valence-electron chi connectivity index (χ0n) is 15.2. The van der Waals surface area contributed by atoms with Crippen LogP contribution in [0.5, 0.6) is 0 Å². The summed E-state index contributed by atoms with van der Waals surface area (Å²) in [5, 5.41) is 15.8. The number of allylic oxidation sites excluding steroid dienone is 1. The predicted octanol–water partition coefficient (Wildman–Crippen LogP) is 3.53. The Bertz CT molecular complexity index is 801. The summed E-state index contributed by atoms with van der Waals surface area (Å²) >= 11 is 0. The standard InChI is InChI=1S/C21H26FN3O/c1-3-9-24-13-16(15(2)23-24)14-25-19-7-8-20(25)12-21(26,11-19)17-5-4-6-18(22)10-17/h3-6,10,13,19-20,26H,1,7-9,11-12,14H2,2H3/t19-,20+,21?. The fourth-order valence-electron chi connectivity index (χ4n) is 4.72. The normalized spacial score (nSPS) is 28.4. The van der Waals surface area contributed by atoms with Gasteiger partial charge in [-0.1, -0.05) is 18.2 Å². The van der Waals surface area contributed by atoms with Crippen molar-refractivity contribution in [1.29, 1.82) is 0 Å². The average molecular weight is 355 g/mol. The monoisotopic (exact) mass is 355 g/mol. The first kappa shape index (κ1) is 17.4. The van der Waals surface area contributed by atoms with E-state index >= 15 is 0 Å². The highest BCUT2D eigenvalue weighted by Crippen LogP contribution is 2.46. The molecule has 2 saturated heterocycles. The van der Waals surface area contributed by atoms with Crippen LogP contribution in [0.1, 0.15) is 42.5 Å². The largest absolute Gasteiger partial charge is 0.385 e. The number of rotatable bonds is 5. The molecule has 0 saturated carbocycles. The van der Waals surface area contributed by atoms with E-state index in [-0.39, 0.29) is 5.82 Å². The lowest BCUT2D eigenvalue weighted by Crippen LogP contribution is -2.49. The Balaban J connectivity index is 1.53. The highest BCUT2D eigenvalue weighted by Gasteiger charge is 2.48. The first-order valence-electron chi connectivity index (χ1n) is 9.36. The Hall–Kier alpha value is -1.98. The quantitative estimate of drug-likeness (QED) is 0.834. The molecule has 26 heavy (non-hydrogen) atoms. The van der Waals surface area contributed by atoms with Crippen LogP contribution < -0.4 is 0 Å². The maximum absolute atomic E-state index is 13.6. The average Bonchev–Trinajstić information content (AvgIpc) is 3.06. The van der Waals surface area contributed by atoms with Crippen molar-refractivity contribution < 1.29 is 9.50 Å². The lowest BCUT2D eigenvalue weighted by molar-refractivity contribution is -0.0597. The van der Waals surface area contributed by atoms with Crippen molar-refractivity contribution in [2.45, 2.75) is 63.4 Å². The Morgan fingerprint density at radius 2 is 2.08 bits per heavy atom. The molecule has 3 atom stereocenters. The number of aliphatic hydroxyl groups is 1. The van der Waals surface area contributed by atoms with Crippen LogP contribution >= 0.6 is 0 Å². The highest BCUT2D eigenvalue weighted by molar-refractivity contribution is 5.26. The Labute approximate surface area is 153 Å². The summed E-state index contributed by atoms with van der Waals surface area (Å²) in [4.78, 5) is 2.51. The molecule has 1 unspecified atom stereocenters. The maximum atomic E-state index is 13.6. The van der Waals surface area contributed by atoms with Crippen LogP contribution in [-0.2, 0) is 18.7 Å². The third-order valence-corrected chi connectivity index (χ3v) is 6.00. The van der Waals surface area contributed by atoms with Crippen LogP contribution in [0.2, 0.25) is 0 Å². The van der Waals surface area contributed by atoms with Gasteiger partial charge in [0.1, 0.15) is 5.82 Å². The molecule has 0 aliphatic carbocycles. The number of hydrogen-bond donors (Lipinski definition) is 1. The Morgan fingerprint density at radius 3 is 2.73 bits per heavy atom. The topological polar surface area (TPSA) is 41.3 Å². The summed E-state index contributed by atoms with van der Waals surface area (Å²) in [7, 11) is 0. The molecule has 1 aromatic carbocycles. The number of fused-ring (bicyclic) bond motifs is 2. The second-order valence-corrected chi connectivity index (χ2v) is 7.76.